The maximum atomic E-state index is 9.28. The summed E-state index contributed by atoms with van der Waals surface area (Å²) >= 11 is 0. The van der Waals surface area contributed by atoms with Gasteiger partial charge in [0.05, 0.1) is 6.61 Å². The highest BCUT2D eigenvalue weighted by atomic mass is 16.5. The lowest BCUT2D eigenvalue weighted by molar-refractivity contribution is 0.0620. The molecule has 0 bridgehead atoms. The van der Waals surface area contributed by atoms with Crippen molar-refractivity contribution >= 4 is 0 Å². The number of hydrogen-bond donors (Lipinski definition) is 1. The summed E-state index contributed by atoms with van der Waals surface area (Å²) in [5.41, 5.74) is 0. The summed E-state index contributed by atoms with van der Waals surface area (Å²) < 4.78 is 10.9. The van der Waals surface area contributed by atoms with Gasteiger partial charge in [-0.05, 0) is 43.7 Å². The van der Waals surface area contributed by atoms with Crippen molar-refractivity contribution < 1.29 is 14.6 Å². The molecule has 0 radical (unpaired) electrons. The van der Waals surface area contributed by atoms with Crippen LogP contribution in [0.4, 0.5) is 0 Å². The minimum Gasteiger partial charge on any atom is -0.508 e. The van der Waals surface area contributed by atoms with Crippen LogP contribution in [0.3, 0.4) is 0 Å². The summed E-state index contributed by atoms with van der Waals surface area (Å²) in [6.07, 6.45) is 4.65. The molecule has 1 heterocycles. The maximum absolute atomic E-state index is 9.28. The van der Waals surface area contributed by atoms with Crippen molar-refractivity contribution in [3.05, 3.63) is 24.3 Å². The van der Waals surface area contributed by atoms with E-state index in [0.717, 1.165) is 37.9 Å². The number of benzene rings is 1. The van der Waals surface area contributed by atoms with Crippen molar-refractivity contribution in [1.29, 1.82) is 0 Å². The molecule has 3 heteroatoms. The molecule has 0 unspecified atom stereocenters. The maximum Gasteiger partial charge on any atom is 0.122 e. The highest BCUT2D eigenvalue weighted by Crippen LogP contribution is 2.21. The van der Waals surface area contributed by atoms with Crippen LogP contribution in [0.1, 0.15) is 25.7 Å². The molecule has 0 saturated carbocycles. The predicted molar refractivity (Wildman–Crippen MR) is 66.4 cm³/mol. The minimum atomic E-state index is 0.256. The van der Waals surface area contributed by atoms with Gasteiger partial charge in [0.1, 0.15) is 11.5 Å². The Balaban J connectivity index is 1.62. The Morgan fingerprint density at radius 1 is 1.29 bits per heavy atom. The van der Waals surface area contributed by atoms with Crippen LogP contribution >= 0.6 is 0 Å². The summed E-state index contributed by atoms with van der Waals surface area (Å²) in [7, 11) is 0. The van der Waals surface area contributed by atoms with E-state index in [-0.39, 0.29) is 5.75 Å². The normalized spacial score (nSPS) is 16.9. The number of hydrogen-bond acceptors (Lipinski definition) is 3. The predicted octanol–water partition coefficient (Wildman–Crippen LogP) is 2.98. The average molecular weight is 236 g/mol. The molecule has 1 N–H and O–H groups in total. The van der Waals surface area contributed by atoms with E-state index in [4.69, 9.17) is 9.47 Å². The summed E-state index contributed by atoms with van der Waals surface area (Å²) in [5.74, 6) is 1.81. The molecular weight excluding hydrogens is 216 g/mol. The molecule has 0 aromatic heterocycles. The Labute approximate surface area is 102 Å². The fourth-order valence-corrected chi connectivity index (χ4v) is 2.17. The largest absolute Gasteiger partial charge is 0.508 e. The van der Waals surface area contributed by atoms with E-state index < -0.39 is 0 Å². The number of rotatable bonds is 5. The molecule has 1 aliphatic heterocycles. The summed E-state index contributed by atoms with van der Waals surface area (Å²) in [6, 6.07) is 6.96. The zero-order valence-corrected chi connectivity index (χ0v) is 10.1. The monoisotopic (exact) mass is 236 g/mol. The SMILES string of the molecule is Oc1cccc(OCCCC2CCOCC2)c1. The lowest BCUT2D eigenvalue weighted by atomic mass is 9.95. The van der Waals surface area contributed by atoms with E-state index in [1.54, 1.807) is 18.2 Å². The first-order valence-electron chi connectivity index (χ1n) is 6.34. The van der Waals surface area contributed by atoms with Crippen molar-refractivity contribution in [2.75, 3.05) is 19.8 Å². The second-order valence-electron chi connectivity index (χ2n) is 4.54. The molecular formula is C14H20O3. The van der Waals surface area contributed by atoms with E-state index in [1.165, 1.54) is 19.3 Å². The molecule has 94 valence electrons. The fraction of sp³-hybridized carbons (Fsp3) is 0.571. The van der Waals surface area contributed by atoms with Crippen LogP contribution < -0.4 is 4.74 Å². The third-order valence-electron chi connectivity index (χ3n) is 3.18. The second kappa shape index (κ2) is 6.50. The van der Waals surface area contributed by atoms with E-state index in [0.29, 0.717) is 0 Å². The first-order chi connectivity index (χ1) is 8.34. The standard InChI is InChI=1S/C14H20O3/c15-13-4-1-5-14(11-13)17-8-2-3-12-6-9-16-10-7-12/h1,4-5,11-12,15H,2-3,6-10H2. The Morgan fingerprint density at radius 3 is 2.88 bits per heavy atom. The van der Waals surface area contributed by atoms with Gasteiger partial charge in [-0.1, -0.05) is 6.07 Å². The van der Waals surface area contributed by atoms with Crippen molar-refractivity contribution in [1.82, 2.24) is 0 Å². The molecule has 3 nitrogen and oxygen atoms in total. The molecule has 17 heavy (non-hydrogen) atoms. The van der Waals surface area contributed by atoms with Gasteiger partial charge in [0, 0.05) is 19.3 Å². The van der Waals surface area contributed by atoms with Gasteiger partial charge in [-0.15, -0.1) is 0 Å². The van der Waals surface area contributed by atoms with Crippen molar-refractivity contribution in [2.45, 2.75) is 25.7 Å². The smallest absolute Gasteiger partial charge is 0.122 e. The first kappa shape index (κ1) is 12.2. The van der Waals surface area contributed by atoms with E-state index in [1.807, 2.05) is 6.07 Å². The zero-order valence-electron chi connectivity index (χ0n) is 10.1. The van der Waals surface area contributed by atoms with E-state index >= 15 is 0 Å². The Hall–Kier alpha value is -1.22. The third kappa shape index (κ3) is 4.27. The molecule has 0 spiro atoms. The lowest BCUT2D eigenvalue weighted by Gasteiger charge is -2.21. The number of ether oxygens (including phenoxy) is 2. The summed E-state index contributed by atoms with van der Waals surface area (Å²) in [4.78, 5) is 0. The second-order valence-corrected chi connectivity index (χ2v) is 4.54. The zero-order chi connectivity index (χ0) is 11.9. The molecule has 1 aromatic carbocycles. The van der Waals surface area contributed by atoms with Gasteiger partial charge in [-0.3, -0.25) is 0 Å². The van der Waals surface area contributed by atoms with Gasteiger partial charge in [0.15, 0.2) is 0 Å². The number of phenols is 1. The molecule has 1 aromatic rings. The van der Waals surface area contributed by atoms with Gasteiger partial charge in [-0.2, -0.15) is 0 Å². The van der Waals surface area contributed by atoms with Crippen LogP contribution in [-0.4, -0.2) is 24.9 Å². The number of phenolic OH excluding ortho intramolecular Hbond substituents is 1. The first-order valence-corrected chi connectivity index (χ1v) is 6.34. The Bertz CT molecular complexity index is 332. The van der Waals surface area contributed by atoms with Crippen LogP contribution in [-0.2, 0) is 4.74 Å². The van der Waals surface area contributed by atoms with E-state index in [9.17, 15) is 5.11 Å². The Kier molecular flexibility index (Phi) is 4.68. The van der Waals surface area contributed by atoms with Crippen LogP contribution in [0, 0.1) is 5.92 Å². The van der Waals surface area contributed by atoms with Crippen LogP contribution in [0.15, 0.2) is 24.3 Å². The van der Waals surface area contributed by atoms with Gasteiger partial charge in [0.25, 0.3) is 0 Å². The highest BCUT2D eigenvalue weighted by Gasteiger charge is 2.12. The lowest BCUT2D eigenvalue weighted by Crippen LogP contribution is -2.16. The van der Waals surface area contributed by atoms with Crippen molar-refractivity contribution in [3.63, 3.8) is 0 Å². The fourth-order valence-electron chi connectivity index (χ4n) is 2.17. The van der Waals surface area contributed by atoms with Crippen LogP contribution in [0.25, 0.3) is 0 Å². The number of aromatic hydroxyl groups is 1. The molecule has 0 atom stereocenters. The summed E-state index contributed by atoms with van der Waals surface area (Å²) in [6.45, 7) is 2.55. The molecule has 1 saturated heterocycles. The highest BCUT2D eigenvalue weighted by molar-refractivity contribution is 5.31. The quantitative estimate of drug-likeness (QED) is 0.799. The van der Waals surface area contributed by atoms with Crippen LogP contribution in [0.2, 0.25) is 0 Å². The van der Waals surface area contributed by atoms with Gasteiger partial charge >= 0.3 is 0 Å². The molecule has 1 aliphatic rings. The molecule has 0 amide bonds. The average Bonchev–Trinajstić information content (AvgIpc) is 2.36. The van der Waals surface area contributed by atoms with Gasteiger partial charge in [0.2, 0.25) is 0 Å². The minimum absolute atomic E-state index is 0.256. The molecule has 1 fully saturated rings. The van der Waals surface area contributed by atoms with Crippen molar-refractivity contribution in [2.24, 2.45) is 5.92 Å². The van der Waals surface area contributed by atoms with Gasteiger partial charge < -0.3 is 14.6 Å². The van der Waals surface area contributed by atoms with E-state index in [2.05, 4.69) is 0 Å². The van der Waals surface area contributed by atoms with Gasteiger partial charge in [-0.25, -0.2) is 0 Å². The van der Waals surface area contributed by atoms with Crippen LogP contribution in [0.5, 0.6) is 11.5 Å². The van der Waals surface area contributed by atoms with Crippen molar-refractivity contribution in [3.8, 4) is 11.5 Å². The topological polar surface area (TPSA) is 38.7 Å². The Morgan fingerprint density at radius 2 is 2.12 bits per heavy atom. The molecule has 2 rings (SSSR count). The third-order valence-corrected chi connectivity index (χ3v) is 3.18. The molecule has 0 aliphatic carbocycles. The summed E-state index contributed by atoms with van der Waals surface area (Å²) in [5, 5.41) is 9.28.